The highest BCUT2D eigenvalue weighted by Crippen LogP contribution is 2.36. The fourth-order valence-corrected chi connectivity index (χ4v) is 2.91. The van der Waals surface area contributed by atoms with Crippen molar-refractivity contribution in [3.63, 3.8) is 0 Å². The van der Waals surface area contributed by atoms with Gasteiger partial charge < -0.3 is 18.6 Å². The maximum absolute atomic E-state index is 6.09. The van der Waals surface area contributed by atoms with E-state index in [1.54, 1.807) is 7.11 Å². The molecule has 1 aliphatic heterocycles. The lowest BCUT2D eigenvalue weighted by atomic mass is 9.94. The highest BCUT2D eigenvalue weighted by molar-refractivity contribution is 5.32. The lowest BCUT2D eigenvalue weighted by molar-refractivity contribution is -0.110. The Morgan fingerprint density at radius 3 is 2.62 bits per heavy atom. The van der Waals surface area contributed by atoms with Crippen LogP contribution in [0.25, 0.3) is 0 Å². The molecule has 6 heteroatoms. The second-order valence-electron chi connectivity index (χ2n) is 6.04. The number of benzene rings is 1. The average Bonchev–Trinajstić information content (AvgIpc) is 3.12. The van der Waals surface area contributed by atoms with Crippen molar-refractivity contribution in [2.45, 2.75) is 44.8 Å². The molecule has 0 amide bonds. The fraction of sp³-hybridized carbons (Fsp3) is 0.556. The maximum Gasteiger partial charge on any atom is 0.257 e. The van der Waals surface area contributed by atoms with Crippen molar-refractivity contribution in [2.75, 3.05) is 20.3 Å². The normalized spacial score (nSPS) is 18.3. The second-order valence-corrected chi connectivity index (χ2v) is 6.04. The molecule has 1 aliphatic rings. The molecular weight excluding hydrogens is 308 g/mol. The minimum atomic E-state index is -0.551. The standard InChI is InChI=1S/C18H24N2O4/c1-4-14(23-15-8-6-5-7-13(15)2)16-19-20-17(24-16)18(21-3)9-11-22-12-10-18/h5-8,14H,4,9-12H2,1-3H3. The number of methoxy groups -OCH3 is 1. The summed E-state index contributed by atoms with van der Waals surface area (Å²) in [5, 5.41) is 8.46. The third kappa shape index (κ3) is 3.30. The molecule has 0 radical (unpaired) electrons. The Kier molecular flexibility index (Phi) is 5.16. The molecule has 3 rings (SSSR count). The summed E-state index contributed by atoms with van der Waals surface area (Å²) < 4.78 is 23.2. The van der Waals surface area contributed by atoms with E-state index in [4.69, 9.17) is 18.6 Å². The number of aryl methyl sites for hydroxylation is 1. The van der Waals surface area contributed by atoms with Crippen molar-refractivity contribution < 1.29 is 18.6 Å². The molecule has 1 aromatic carbocycles. The Morgan fingerprint density at radius 1 is 1.21 bits per heavy atom. The van der Waals surface area contributed by atoms with Gasteiger partial charge in [0, 0.05) is 33.2 Å². The Hall–Kier alpha value is -1.92. The molecule has 0 spiro atoms. The zero-order valence-electron chi connectivity index (χ0n) is 14.4. The van der Waals surface area contributed by atoms with E-state index in [0.29, 0.717) is 37.8 Å². The average molecular weight is 332 g/mol. The van der Waals surface area contributed by atoms with Crippen LogP contribution < -0.4 is 4.74 Å². The van der Waals surface area contributed by atoms with Gasteiger partial charge in [-0.1, -0.05) is 25.1 Å². The van der Waals surface area contributed by atoms with E-state index in [-0.39, 0.29) is 6.10 Å². The van der Waals surface area contributed by atoms with Gasteiger partial charge in [-0.3, -0.25) is 0 Å². The molecule has 1 aromatic heterocycles. The van der Waals surface area contributed by atoms with E-state index in [1.165, 1.54) is 0 Å². The summed E-state index contributed by atoms with van der Waals surface area (Å²) >= 11 is 0. The molecule has 0 aliphatic carbocycles. The van der Waals surface area contributed by atoms with E-state index in [9.17, 15) is 0 Å². The van der Waals surface area contributed by atoms with Crippen molar-refractivity contribution in [2.24, 2.45) is 0 Å². The molecular formula is C18H24N2O4. The van der Waals surface area contributed by atoms with Gasteiger partial charge in [-0.05, 0) is 25.0 Å². The molecule has 1 atom stereocenters. The van der Waals surface area contributed by atoms with Crippen LogP contribution in [0.2, 0.25) is 0 Å². The highest BCUT2D eigenvalue weighted by Gasteiger charge is 2.40. The van der Waals surface area contributed by atoms with Crippen molar-refractivity contribution >= 4 is 0 Å². The van der Waals surface area contributed by atoms with Crippen molar-refractivity contribution in [3.8, 4) is 5.75 Å². The zero-order chi connectivity index (χ0) is 17.0. The lowest BCUT2D eigenvalue weighted by Gasteiger charge is -2.32. The number of aromatic nitrogens is 2. The van der Waals surface area contributed by atoms with Gasteiger partial charge in [-0.25, -0.2) is 0 Å². The van der Waals surface area contributed by atoms with Crippen LogP contribution in [0, 0.1) is 6.92 Å². The van der Waals surface area contributed by atoms with Crippen LogP contribution in [0.1, 0.15) is 49.6 Å². The lowest BCUT2D eigenvalue weighted by Crippen LogP contribution is -2.36. The first kappa shape index (κ1) is 16.9. The van der Waals surface area contributed by atoms with Gasteiger partial charge in [0.1, 0.15) is 11.4 Å². The molecule has 1 saturated heterocycles. The Morgan fingerprint density at radius 2 is 1.96 bits per heavy atom. The van der Waals surface area contributed by atoms with Gasteiger partial charge in [0.25, 0.3) is 5.89 Å². The molecule has 0 bridgehead atoms. The first-order valence-electron chi connectivity index (χ1n) is 8.37. The first-order valence-corrected chi connectivity index (χ1v) is 8.37. The first-order chi connectivity index (χ1) is 11.7. The van der Waals surface area contributed by atoms with Crippen LogP contribution in [-0.4, -0.2) is 30.5 Å². The van der Waals surface area contributed by atoms with Crippen LogP contribution in [0.3, 0.4) is 0 Å². The summed E-state index contributed by atoms with van der Waals surface area (Å²) in [7, 11) is 1.68. The Balaban J connectivity index is 1.81. The highest BCUT2D eigenvalue weighted by atomic mass is 16.5. The molecule has 2 aromatic rings. The quantitative estimate of drug-likeness (QED) is 0.806. The maximum atomic E-state index is 6.09. The van der Waals surface area contributed by atoms with Gasteiger partial charge in [-0.15, -0.1) is 10.2 Å². The smallest absolute Gasteiger partial charge is 0.257 e. The van der Waals surface area contributed by atoms with E-state index >= 15 is 0 Å². The summed E-state index contributed by atoms with van der Waals surface area (Å²) in [4.78, 5) is 0. The van der Waals surface area contributed by atoms with Crippen molar-refractivity contribution in [1.29, 1.82) is 0 Å². The summed E-state index contributed by atoms with van der Waals surface area (Å²) in [6.45, 7) is 5.31. The summed E-state index contributed by atoms with van der Waals surface area (Å²) in [6.07, 6.45) is 1.88. The van der Waals surface area contributed by atoms with Gasteiger partial charge in [-0.2, -0.15) is 0 Å². The number of rotatable bonds is 6. The van der Waals surface area contributed by atoms with Crippen LogP contribution in [0.5, 0.6) is 5.75 Å². The fourth-order valence-electron chi connectivity index (χ4n) is 2.91. The topological polar surface area (TPSA) is 66.6 Å². The molecule has 1 unspecified atom stereocenters. The number of hydrogen-bond acceptors (Lipinski definition) is 6. The predicted molar refractivity (Wildman–Crippen MR) is 87.9 cm³/mol. The van der Waals surface area contributed by atoms with Crippen LogP contribution in [-0.2, 0) is 15.1 Å². The van der Waals surface area contributed by atoms with E-state index in [1.807, 2.05) is 38.1 Å². The summed E-state index contributed by atoms with van der Waals surface area (Å²) in [5.41, 5.74) is 0.526. The SMILES string of the molecule is CCC(Oc1ccccc1C)c1nnc(C2(OC)CCOCC2)o1. The molecule has 130 valence electrons. The summed E-state index contributed by atoms with van der Waals surface area (Å²) in [6, 6.07) is 7.91. The van der Waals surface area contributed by atoms with Crippen LogP contribution in [0.15, 0.2) is 28.7 Å². The number of para-hydroxylation sites is 1. The molecule has 0 N–H and O–H groups in total. The van der Waals surface area contributed by atoms with E-state index in [2.05, 4.69) is 10.2 Å². The van der Waals surface area contributed by atoms with E-state index in [0.717, 1.165) is 17.7 Å². The third-order valence-corrected chi connectivity index (χ3v) is 4.53. The van der Waals surface area contributed by atoms with Crippen molar-refractivity contribution in [1.82, 2.24) is 10.2 Å². The number of ether oxygens (including phenoxy) is 3. The molecule has 24 heavy (non-hydrogen) atoms. The van der Waals surface area contributed by atoms with E-state index < -0.39 is 5.60 Å². The zero-order valence-corrected chi connectivity index (χ0v) is 14.4. The minimum absolute atomic E-state index is 0.277. The van der Waals surface area contributed by atoms with Crippen molar-refractivity contribution in [3.05, 3.63) is 41.6 Å². The van der Waals surface area contributed by atoms with Gasteiger partial charge in [0.2, 0.25) is 5.89 Å². The number of nitrogens with zero attached hydrogens (tertiary/aromatic N) is 2. The molecule has 6 nitrogen and oxygen atoms in total. The Labute approximate surface area is 142 Å². The summed E-state index contributed by atoms with van der Waals surface area (Å²) in [5.74, 6) is 1.82. The minimum Gasteiger partial charge on any atom is -0.480 e. The molecule has 1 fully saturated rings. The molecule has 2 heterocycles. The third-order valence-electron chi connectivity index (χ3n) is 4.53. The Bertz CT molecular complexity index is 665. The van der Waals surface area contributed by atoms with Gasteiger partial charge >= 0.3 is 0 Å². The van der Waals surface area contributed by atoms with Gasteiger partial charge in [0.05, 0.1) is 0 Å². The monoisotopic (exact) mass is 332 g/mol. The number of hydrogen-bond donors (Lipinski definition) is 0. The predicted octanol–water partition coefficient (Wildman–Crippen LogP) is 3.56. The largest absolute Gasteiger partial charge is 0.480 e. The molecule has 0 saturated carbocycles. The van der Waals surface area contributed by atoms with Crippen LogP contribution >= 0.6 is 0 Å². The van der Waals surface area contributed by atoms with Gasteiger partial charge in [0.15, 0.2) is 6.10 Å². The second kappa shape index (κ2) is 7.32. The van der Waals surface area contributed by atoms with Crippen LogP contribution in [0.4, 0.5) is 0 Å².